The Hall–Kier alpha value is -0.790. The van der Waals surface area contributed by atoms with E-state index in [1.807, 2.05) is 6.92 Å². The Labute approximate surface area is 92.7 Å². The monoisotopic (exact) mass is 210 g/mol. The predicted molar refractivity (Wildman–Crippen MR) is 61.5 cm³/mol. The van der Waals surface area contributed by atoms with Crippen LogP contribution < -0.4 is 0 Å². The zero-order chi connectivity index (χ0) is 11.4. The number of ether oxygens (including phenoxy) is 1. The van der Waals surface area contributed by atoms with E-state index in [9.17, 15) is 4.79 Å². The highest BCUT2D eigenvalue weighted by molar-refractivity contribution is 5.87. The molecule has 1 aliphatic rings. The van der Waals surface area contributed by atoms with Gasteiger partial charge in [-0.25, -0.2) is 4.79 Å². The van der Waals surface area contributed by atoms with Gasteiger partial charge in [0.15, 0.2) is 0 Å². The van der Waals surface area contributed by atoms with E-state index in [2.05, 4.69) is 20.4 Å². The highest BCUT2D eigenvalue weighted by Gasteiger charge is 2.34. The lowest BCUT2D eigenvalue weighted by Gasteiger charge is -2.21. The van der Waals surface area contributed by atoms with E-state index in [0.29, 0.717) is 23.8 Å². The zero-order valence-corrected chi connectivity index (χ0v) is 10.1. The fourth-order valence-electron chi connectivity index (χ4n) is 2.40. The van der Waals surface area contributed by atoms with Gasteiger partial charge in [0.05, 0.1) is 0 Å². The van der Waals surface area contributed by atoms with Crippen LogP contribution in [0.1, 0.15) is 46.5 Å². The molecule has 0 aromatic heterocycles. The van der Waals surface area contributed by atoms with Crippen LogP contribution in [0.4, 0.5) is 0 Å². The average Bonchev–Trinajstić information content (AvgIpc) is 2.57. The van der Waals surface area contributed by atoms with Crippen molar-refractivity contribution in [3.05, 3.63) is 12.2 Å². The van der Waals surface area contributed by atoms with Gasteiger partial charge in [0.2, 0.25) is 0 Å². The number of hydrogen-bond donors (Lipinski definition) is 0. The molecule has 0 amide bonds. The Morgan fingerprint density at radius 1 is 1.40 bits per heavy atom. The Morgan fingerprint density at radius 3 is 2.60 bits per heavy atom. The summed E-state index contributed by atoms with van der Waals surface area (Å²) in [6.45, 7) is 10.1. The van der Waals surface area contributed by atoms with Gasteiger partial charge in [0, 0.05) is 5.57 Å². The summed E-state index contributed by atoms with van der Waals surface area (Å²) >= 11 is 0. The molecule has 0 heterocycles. The van der Waals surface area contributed by atoms with Crippen LogP contribution in [0.5, 0.6) is 0 Å². The first-order valence-corrected chi connectivity index (χ1v) is 5.98. The molecule has 0 spiro atoms. The maximum atomic E-state index is 11.6. The van der Waals surface area contributed by atoms with E-state index in [1.54, 1.807) is 0 Å². The Morgan fingerprint density at radius 2 is 2.07 bits per heavy atom. The summed E-state index contributed by atoms with van der Waals surface area (Å²) in [5.41, 5.74) is 0.587. The molecule has 86 valence electrons. The van der Waals surface area contributed by atoms with Crippen molar-refractivity contribution in [3.8, 4) is 0 Å². The number of carbonyl (C=O) groups excluding carboxylic acids is 1. The molecule has 0 N–H and O–H groups in total. The molecule has 1 saturated carbocycles. The second kappa shape index (κ2) is 5.34. The third kappa shape index (κ3) is 2.83. The Bertz CT molecular complexity index is 245. The zero-order valence-electron chi connectivity index (χ0n) is 10.1. The first kappa shape index (κ1) is 12.3. The average molecular weight is 210 g/mol. The van der Waals surface area contributed by atoms with Gasteiger partial charge in [-0.05, 0) is 37.5 Å². The summed E-state index contributed by atoms with van der Waals surface area (Å²) in [4.78, 5) is 11.6. The summed E-state index contributed by atoms with van der Waals surface area (Å²) in [7, 11) is 0. The van der Waals surface area contributed by atoms with Crippen LogP contribution in [0.15, 0.2) is 12.2 Å². The summed E-state index contributed by atoms with van der Waals surface area (Å²) in [5.74, 6) is 1.02. The van der Waals surface area contributed by atoms with Crippen molar-refractivity contribution in [2.24, 2.45) is 11.8 Å². The molecule has 0 saturated heterocycles. The van der Waals surface area contributed by atoms with Crippen LogP contribution in [-0.4, -0.2) is 12.1 Å². The standard InChI is InChI=1S/C13H22O2/c1-5-9(3)13(14)15-12-8-7-10(4)11(12)6-2/h10-12H,3,5-8H2,1-2,4H3. The molecular formula is C13H22O2. The molecule has 0 bridgehead atoms. The number of esters is 1. The van der Waals surface area contributed by atoms with Crippen molar-refractivity contribution in [2.75, 3.05) is 0 Å². The van der Waals surface area contributed by atoms with Crippen LogP contribution in [-0.2, 0) is 9.53 Å². The van der Waals surface area contributed by atoms with Crippen LogP contribution >= 0.6 is 0 Å². The number of carbonyl (C=O) groups is 1. The molecule has 1 rings (SSSR count). The fraction of sp³-hybridized carbons (Fsp3) is 0.769. The van der Waals surface area contributed by atoms with Gasteiger partial charge in [-0.2, -0.15) is 0 Å². The minimum atomic E-state index is -0.199. The van der Waals surface area contributed by atoms with E-state index in [0.717, 1.165) is 12.8 Å². The minimum absolute atomic E-state index is 0.126. The van der Waals surface area contributed by atoms with Crippen LogP contribution in [0, 0.1) is 11.8 Å². The molecule has 0 radical (unpaired) electrons. The van der Waals surface area contributed by atoms with Crippen molar-refractivity contribution in [3.63, 3.8) is 0 Å². The second-order valence-corrected chi connectivity index (χ2v) is 4.53. The minimum Gasteiger partial charge on any atom is -0.459 e. The maximum Gasteiger partial charge on any atom is 0.333 e. The van der Waals surface area contributed by atoms with Crippen LogP contribution in [0.25, 0.3) is 0 Å². The van der Waals surface area contributed by atoms with Gasteiger partial charge < -0.3 is 4.74 Å². The van der Waals surface area contributed by atoms with Crippen LogP contribution in [0.2, 0.25) is 0 Å². The van der Waals surface area contributed by atoms with E-state index < -0.39 is 0 Å². The van der Waals surface area contributed by atoms with Crippen molar-refractivity contribution in [2.45, 2.75) is 52.6 Å². The first-order chi connectivity index (χ1) is 7.10. The fourth-order valence-corrected chi connectivity index (χ4v) is 2.40. The highest BCUT2D eigenvalue weighted by Crippen LogP contribution is 2.36. The molecular weight excluding hydrogens is 188 g/mol. The van der Waals surface area contributed by atoms with Gasteiger partial charge in [-0.1, -0.05) is 27.4 Å². The molecule has 0 aromatic carbocycles. The summed E-state index contributed by atoms with van der Waals surface area (Å²) in [6.07, 6.45) is 4.09. The Balaban J connectivity index is 2.51. The number of hydrogen-bond acceptors (Lipinski definition) is 2. The molecule has 15 heavy (non-hydrogen) atoms. The molecule has 0 aliphatic heterocycles. The topological polar surface area (TPSA) is 26.3 Å². The van der Waals surface area contributed by atoms with Crippen LogP contribution in [0.3, 0.4) is 0 Å². The quantitative estimate of drug-likeness (QED) is 0.525. The van der Waals surface area contributed by atoms with Crippen molar-refractivity contribution in [1.82, 2.24) is 0 Å². The lowest BCUT2D eigenvalue weighted by atomic mass is 9.94. The smallest absolute Gasteiger partial charge is 0.333 e. The molecule has 3 atom stereocenters. The van der Waals surface area contributed by atoms with Crippen molar-refractivity contribution >= 4 is 5.97 Å². The summed E-state index contributed by atoms with van der Waals surface area (Å²) in [5, 5.41) is 0. The number of rotatable bonds is 4. The van der Waals surface area contributed by atoms with E-state index in [-0.39, 0.29) is 12.1 Å². The lowest BCUT2D eigenvalue weighted by Crippen LogP contribution is -2.24. The molecule has 1 fully saturated rings. The van der Waals surface area contributed by atoms with E-state index in [1.165, 1.54) is 6.42 Å². The molecule has 2 nitrogen and oxygen atoms in total. The Kier molecular flexibility index (Phi) is 4.37. The first-order valence-electron chi connectivity index (χ1n) is 5.98. The SMILES string of the molecule is C=C(CC)C(=O)OC1CCC(C)C1CC. The normalized spacial score (nSPS) is 30.2. The second-order valence-electron chi connectivity index (χ2n) is 4.53. The third-order valence-corrected chi connectivity index (χ3v) is 3.56. The lowest BCUT2D eigenvalue weighted by molar-refractivity contribution is -0.146. The summed E-state index contributed by atoms with van der Waals surface area (Å²) < 4.78 is 5.50. The van der Waals surface area contributed by atoms with Crippen molar-refractivity contribution in [1.29, 1.82) is 0 Å². The summed E-state index contributed by atoms with van der Waals surface area (Å²) in [6, 6.07) is 0. The van der Waals surface area contributed by atoms with Crippen molar-refractivity contribution < 1.29 is 9.53 Å². The van der Waals surface area contributed by atoms with E-state index >= 15 is 0 Å². The van der Waals surface area contributed by atoms with Gasteiger partial charge in [0.1, 0.15) is 6.10 Å². The highest BCUT2D eigenvalue weighted by atomic mass is 16.5. The maximum absolute atomic E-state index is 11.6. The third-order valence-electron chi connectivity index (χ3n) is 3.56. The molecule has 3 unspecified atom stereocenters. The van der Waals surface area contributed by atoms with Gasteiger partial charge in [-0.3, -0.25) is 0 Å². The molecule has 2 heteroatoms. The van der Waals surface area contributed by atoms with Gasteiger partial charge in [0.25, 0.3) is 0 Å². The largest absolute Gasteiger partial charge is 0.459 e. The molecule has 1 aliphatic carbocycles. The van der Waals surface area contributed by atoms with Gasteiger partial charge >= 0.3 is 5.97 Å². The molecule has 0 aromatic rings. The van der Waals surface area contributed by atoms with E-state index in [4.69, 9.17) is 4.74 Å². The predicted octanol–water partition coefficient (Wildman–Crippen LogP) is 3.32. The van der Waals surface area contributed by atoms with Gasteiger partial charge in [-0.15, -0.1) is 0 Å².